The van der Waals surface area contributed by atoms with Gasteiger partial charge in [0.1, 0.15) is 11.6 Å². The predicted octanol–water partition coefficient (Wildman–Crippen LogP) is 6.17. The Morgan fingerprint density at radius 1 is 0.698 bits per heavy atom. The van der Waals surface area contributed by atoms with Gasteiger partial charge in [-0.05, 0) is 74.9 Å². The van der Waals surface area contributed by atoms with E-state index >= 15 is 0 Å². The molecule has 6 rings (SSSR count). The number of amides is 2. The van der Waals surface area contributed by atoms with Gasteiger partial charge in [0, 0.05) is 105 Å². The highest BCUT2D eigenvalue weighted by Crippen LogP contribution is 2.29. The molecule has 2 amide bonds. The van der Waals surface area contributed by atoms with E-state index in [-0.39, 0.29) is 17.2 Å². The van der Waals surface area contributed by atoms with Crippen LogP contribution in [0.1, 0.15) is 71.3 Å². The highest BCUT2D eigenvalue weighted by molar-refractivity contribution is 9.10. The van der Waals surface area contributed by atoms with Crippen LogP contribution in [0.4, 0.5) is 23.5 Å². The first-order valence-electron chi connectivity index (χ1n) is 18.6. The molecule has 0 atom stereocenters. The van der Waals surface area contributed by atoms with Gasteiger partial charge < -0.3 is 30.2 Å². The van der Waals surface area contributed by atoms with Crippen molar-refractivity contribution < 1.29 is 9.59 Å². The summed E-state index contributed by atoms with van der Waals surface area (Å²) in [5.74, 6) is 3.17. The molecule has 2 saturated heterocycles. The van der Waals surface area contributed by atoms with Crippen molar-refractivity contribution in [2.24, 2.45) is 0 Å². The third-order valence-corrected chi connectivity index (χ3v) is 10.5. The zero-order valence-corrected chi connectivity index (χ0v) is 33.1. The number of benzene rings is 2. The van der Waals surface area contributed by atoms with Crippen LogP contribution in [0.25, 0.3) is 0 Å². The maximum Gasteiger partial charge on any atom is 0.254 e. The summed E-state index contributed by atoms with van der Waals surface area (Å²) in [7, 11) is 0. The summed E-state index contributed by atoms with van der Waals surface area (Å²) in [6.45, 7) is 17.5. The number of anilines is 4. The molecular weight excluding hydrogens is 732 g/mol. The van der Waals surface area contributed by atoms with Crippen molar-refractivity contribution in [3.05, 3.63) is 93.2 Å². The zero-order chi connectivity index (χ0) is 37.5. The maximum absolute atomic E-state index is 13.4. The molecule has 2 aliphatic heterocycles. The molecule has 0 bridgehead atoms. The minimum absolute atomic E-state index is 0.0542. The molecule has 2 fully saturated rings. The SMILES string of the molecule is CCNc1nc(C)cc(N2CCN(C(=O)c3ccc(C(C)(C)CCCNc4nc(C)cc(N5CCN(C(=O)c6cccc(Br)c6)CC5)n4)cc3)CC2)n1. The van der Waals surface area contributed by atoms with E-state index in [4.69, 9.17) is 4.98 Å². The largest absolute Gasteiger partial charge is 0.354 e. The monoisotopic (exact) mass is 782 g/mol. The number of nitrogens with zero attached hydrogens (tertiary/aromatic N) is 8. The number of piperazine rings is 2. The second kappa shape index (κ2) is 16.9. The average Bonchev–Trinajstić information content (AvgIpc) is 3.16. The van der Waals surface area contributed by atoms with Crippen LogP contribution < -0.4 is 20.4 Å². The van der Waals surface area contributed by atoms with Crippen molar-refractivity contribution in [1.82, 2.24) is 29.7 Å². The Hall–Kier alpha value is -4.78. The van der Waals surface area contributed by atoms with Crippen LogP contribution in [0.2, 0.25) is 0 Å². The Kier molecular flexibility index (Phi) is 12.1. The van der Waals surface area contributed by atoms with Crippen molar-refractivity contribution in [3.63, 3.8) is 0 Å². The van der Waals surface area contributed by atoms with Crippen LogP contribution in [-0.4, -0.2) is 107 Å². The molecule has 4 aromatic rings. The van der Waals surface area contributed by atoms with E-state index in [0.29, 0.717) is 56.7 Å². The standard InChI is InChI=1S/C40H51BrN10O2/c1-6-42-38-44-28(2)25-34(46-38)48-17-21-50(22-18-48)36(52)30-11-13-32(14-12-30)40(4,5)15-8-16-43-39-45-29(3)26-35(47-39)49-19-23-51(24-20-49)37(53)31-9-7-10-33(41)27-31/h7,9-14,25-27H,6,8,15-24H2,1-5H3,(H,42,44,46)(H,43,45,47). The number of rotatable bonds is 12. The molecule has 0 saturated carbocycles. The van der Waals surface area contributed by atoms with E-state index in [9.17, 15) is 9.59 Å². The lowest BCUT2D eigenvalue weighted by Crippen LogP contribution is -2.49. The third kappa shape index (κ3) is 9.61. The first-order chi connectivity index (χ1) is 25.5. The molecule has 53 heavy (non-hydrogen) atoms. The average molecular weight is 784 g/mol. The lowest BCUT2D eigenvalue weighted by molar-refractivity contribution is 0.0739. The van der Waals surface area contributed by atoms with Crippen LogP contribution in [0.15, 0.2) is 65.1 Å². The van der Waals surface area contributed by atoms with Crippen LogP contribution in [0.3, 0.4) is 0 Å². The highest BCUT2D eigenvalue weighted by atomic mass is 79.9. The van der Waals surface area contributed by atoms with Gasteiger partial charge in [0.15, 0.2) is 0 Å². The summed E-state index contributed by atoms with van der Waals surface area (Å²) in [5.41, 5.74) is 4.39. The van der Waals surface area contributed by atoms with Crippen molar-refractivity contribution in [2.45, 2.75) is 52.9 Å². The fourth-order valence-electron chi connectivity index (χ4n) is 6.95. The van der Waals surface area contributed by atoms with E-state index in [1.165, 1.54) is 5.56 Å². The number of aromatic nitrogens is 4. The predicted molar refractivity (Wildman–Crippen MR) is 215 cm³/mol. The van der Waals surface area contributed by atoms with E-state index in [0.717, 1.165) is 72.1 Å². The van der Waals surface area contributed by atoms with Crippen molar-refractivity contribution in [2.75, 3.05) is 85.9 Å². The third-order valence-electron chi connectivity index (χ3n) is 10.0. The molecule has 0 radical (unpaired) electrons. The normalized spacial score (nSPS) is 15.1. The fraction of sp³-hybridized carbons (Fsp3) is 0.450. The minimum atomic E-state index is -0.0679. The summed E-state index contributed by atoms with van der Waals surface area (Å²) in [6, 6.07) is 19.7. The molecule has 0 unspecified atom stereocenters. The van der Waals surface area contributed by atoms with Crippen LogP contribution in [0.5, 0.6) is 0 Å². The molecule has 0 aliphatic carbocycles. The quantitative estimate of drug-likeness (QED) is 0.161. The lowest BCUT2D eigenvalue weighted by atomic mass is 9.80. The van der Waals surface area contributed by atoms with Gasteiger partial charge in [-0.25, -0.2) is 9.97 Å². The molecule has 2 aromatic heterocycles. The van der Waals surface area contributed by atoms with E-state index in [1.54, 1.807) is 0 Å². The number of aryl methyl sites for hydroxylation is 2. The van der Waals surface area contributed by atoms with Gasteiger partial charge in [0.05, 0.1) is 0 Å². The lowest BCUT2D eigenvalue weighted by Gasteiger charge is -2.35. The minimum Gasteiger partial charge on any atom is -0.354 e. The first-order valence-corrected chi connectivity index (χ1v) is 19.4. The summed E-state index contributed by atoms with van der Waals surface area (Å²) < 4.78 is 0.903. The van der Waals surface area contributed by atoms with Gasteiger partial charge in [0.2, 0.25) is 11.9 Å². The Morgan fingerprint density at radius 3 is 1.75 bits per heavy atom. The molecule has 2 aliphatic rings. The number of hydrogen-bond acceptors (Lipinski definition) is 10. The Balaban J connectivity index is 0.959. The zero-order valence-electron chi connectivity index (χ0n) is 31.5. The Bertz CT molecular complexity index is 1890. The second-order valence-electron chi connectivity index (χ2n) is 14.5. The molecule has 2 N–H and O–H groups in total. The van der Waals surface area contributed by atoms with Crippen LogP contribution >= 0.6 is 15.9 Å². The van der Waals surface area contributed by atoms with Gasteiger partial charge in [-0.15, -0.1) is 0 Å². The maximum atomic E-state index is 13.4. The van der Waals surface area contributed by atoms with Crippen molar-refractivity contribution >= 4 is 51.3 Å². The number of carbonyl (C=O) groups is 2. The van der Waals surface area contributed by atoms with Crippen LogP contribution in [-0.2, 0) is 5.41 Å². The molecular formula is C40H51BrN10O2. The van der Waals surface area contributed by atoms with Crippen molar-refractivity contribution in [1.29, 1.82) is 0 Å². The number of halogens is 1. The van der Waals surface area contributed by atoms with Gasteiger partial charge in [-0.3, -0.25) is 9.59 Å². The van der Waals surface area contributed by atoms with Gasteiger partial charge >= 0.3 is 0 Å². The second-order valence-corrected chi connectivity index (χ2v) is 15.4. The molecule has 13 heteroatoms. The molecule has 0 spiro atoms. The summed E-state index contributed by atoms with van der Waals surface area (Å²) in [6.07, 6.45) is 1.89. The van der Waals surface area contributed by atoms with Gasteiger partial charge in [-0.2, -0.15) is 9.97 Å². The van der Waals surface area contributed by atoms with E-state index in [1.807, 2.05) is 79.1 Å². The Labute approximate surface area is 321 Å². The summed E-state index contributed by atoms with van der Waals surface area (Å²) in [5, 5.41) is 6.65. The fourth-order valence-corrected chi connectivity index (χ4v) is 7.35. The van der Waals surface area contributed by atoms with Crippen LogP contribution in [0, 0.1) is 13.8 Å². The topological polar surface area (TPSA) is 123 Å². The van der Waals surface area contributed by atoms with Gasteiger partial charge in [0.25, 0.3) is 11.8 Å². The Morgan fingerprint density at radius 2 is 1.23 bits per heavy atom. The summed E-state index contributed by atoms with van der Waals surface area (Å²) >= 11 is 3.46. The molecule has 2 aromatic carbocycles. The number of nitrogens with one attached hydrogen (secondary N) is 2. The number of carbonyl (C=O) groups excluding carboxylic acids is 2. The highest BCUT2D eigenvalue weighted by Gasteiger charge is 2.26. The first kappa shape index (κ1) is 38.0. The molecule has 12 nitrogen and oxygen atoms in total. The molecule has 4 heterocycles. The van der Waals surface area contributed by atoms with E-state index < -0.39 is 0 Å². The molecule has 280 valence electrons. The van der Waals surface area contributed by atoms with E-state index in [2.05, 4.69) is 77.3 Å². The van der Waals surface area contributed by atoms with Crippen molar-refractivity contribution in [3.8, 4) is 0 Å². The van der Waals surface area contributed by atoms with Gasteiger partial charge in [-0.1, -0.05) is 48.0 Å². The number of hydrogen-bond donors (Lipinski definition) is 2. The smallest absolute Gasteiger partial charge is 0.254 e. The summed E-state index contributed by atoms with van der Waals surface area (Å²) in [4.78, 5) is 53.3.